The van der Waals surface area contributed by atoms with Crippen LogP contribution in [0, 0.1) is 0 Å². The molecular weight excluding hydrogens is 330 g/mol. The first-order valence-corrected chi connectivity index (χ1v) is 8.01. The molecule has 0 saturated carbocycles. The highest BCUT2D eigenvalue weighted by molar-refractivity contribution is 6.08. The van der Waals surface area contributed by atoms with Crippen LogP contribution < -0.4 is 16.2 Å². The number of hydrogen-bond acceptors (Lipinski definition) is 3. The second-order valence-corrected chi connectivity index (χ2v) is 5.68. The van der Waals surface area contributed by atoms with E-state index in [1.54, 1.807) is 30.3 Å². The van der Waals surface area contributed by atoms with Crippen molar-refractivity contribution >= 4 is 23.2 Å². The molecule has 3 rings (SSSR count). The van der Waals surface area contributed by atoms with Gasteiger partial charge in [0.25, 0.3) is 11.5 Å². The van der Waals surface area contributed by atoms with Crippen LogP contribution in [0.3, 0.4) is 0 Å². The predicted molar refractivity (Wildman–Crippen MR) is 101 cm³/mol. The van der Waals surface area contributed by atoms with Crippen LogP contribution in [-0.4, -0.2) is 16.8 Å². The van der Waals surface area contributed by atoms with E-state index in [1.807, 2.05) is 30.3 Å². The Labute approximate surface area is 149 Å². The highest BCUT2D eigenvalue weighted by Crippen LogP contribution is 2.22. The van der Waals surface area contributed by atoms with Gasteiger partial charge in [0.1, 0.15) is 5.56 Å². The van der Waals surface area contributed by atoms with Gasteiger partial charge in [-0.2, -0.15) is 0 Å². The first-order valence-electron chi connectivity index (χ1n) is 8.01. The zero-order chi connectivity index (χ0) is 18.5. The van der Waals surface area contributed by atoms with E-state index in [0.717, 1.165) is 5.56 Å². The number of hydrogen-bond donors (Lipinski definition) is 3. The summed E-state index contributed by atoms with van der Waals surface area (Å²) in [4.78, 5) is 38.7. The van der Waals surface area contributed by atoms with E-state index in [-0.39, 0.29) is 11.5 Å². The summed E-state index contributed by atoms with van der Waals surface area (Å²) >= 11 is 0. The van der Waals surface area contributed by atoms with Crippen LogP contribution >= 0.6 is 0 Å². The van der Waals surface area contributed by atoms with E-state index in [4.69, 9.17) is 0 Å². The average Bonchev–Trinajstić information content (AvgIpc) is 2.62. The lowest BCUT2D eigenvalue weighted by molar-refractivity contribution is -0.114. The molecule has 2 amide bonds. The Morgan fingerprint density at radius 1 is 0.885 bits per heavy atom. The van der Waals surface area contributed by atoms with Gasteiger partial charge in [0.05, 0.1) is 0 Å². The Morgan fingerprint density at radius 3 is 2.27 bits per heavy atom. The lowest BCUT2D eigenvalue weighted by Crippen LogP contribution is -2.24. The van der Waals surface area contributed by atoms with Crippen molar-refractivity contribution in [2.24, 2.45) is 0 Å². The summed E-state index contributed by atoms with van der Waals surface area (Å²) < 4.78 is 0. The number of anilines is 2. The monoisotopic (exact) mass is 347 g/mol. The van der Waals surface area contributed by atoms with E-state index in [9.17, 15) is 14.4 Å². The molecule has 0 saturated heterocycles. The summed E-state index contributed by atoms with van der Waals surface area (Å²) in [5, 5.41) is 5.36. The molecule has 6 heteroatoms. The van der Waals surface area contributed by atoms with Gasteiger partial charge in [-0.3, -0.25) is 14.4 Å². The van der Waals surface area contributed by atoms with Crippen molar-refractivity contribution in [3.05, 3.63) is 82.8 Å². The molecule has 3 aromatic rings. The number of carbonyl (C=O) groups is 2. The van der Waals surface area contributed by atoms with Gasteiger partial charge >= 0.3 is 0 Å². The van der Waals surface area contributed by atoms with Crippen molar-refractivity contribution < 1.29 is 9.59 Å². The number of amides is 2. The summed E-state index contributed by atoms with van der Waals surface area (Å²) in [5.41, 5.74) is 1.91. The molecule has 0 aliphatic heterocycles. The summed E-state index contributed by atoms with van der Waals surface area (Å²) in [5.74, 6) is -0.731. The van der Waals surface area contributed by atoms with Crippen LogP contribution in [0.25, 0.3) is 11.1 Å². The third-order valence-corrected chi connectivity index (χ3v) is 3.71. The van der Waals surface area contributed by atoms with Gasteiger partial charge in [-0.1, -0.05) is 36.4 Å². The molecule has 0 bridgehead atoms. The first-order chi connectivity index (χ1) is 12.5. The molecule has 0 spiro atoms. The molecule has 0 unspecified atom stereocenters. The normalized spacial score (nSPS) is 10.2. The summed E-state index contributed by atoms with van der Waals surface area (Å²) in [6.07, 6.45) is 1.51. The van der Waals surface area contributed by atoms with E-state index in [2.05, 4.69) is 15.6 Å². The number of pyridine rings is 1. The van der Waals surface area contributed by atoms with Gasteiger partial charge < -0.3 is 15.6 Å². The standard InChI is InChI=1S/C20H17N3O3/c1-13(24)22-15-8-5-9-16(12-15)23-20(26)18-17(10-11-21-19(18)25)14-6-3-2-4-7-14/h2-12H,1H3,(H,21,25)(H,22,24)(H,23,26). The molecule has 6 nitrogen and oxygen atoms in total. The maximum absolute atomic E-state index is 12.7. The van der Waals surface area contributed by atoms with Crippen LogP contribution in [0.2, 0.25) is 0 Å². The summed E-state index contributed by atoms with van der Waals surface area (Å²) in [6, 6.07) is 17.6. The lowest BCUT2D eigenvalue weighted by atomic mass is 10.0. The summed E-state index contributed by atoms with van der Waals surface area (Å²) in [7, 11) is 0. The predicted octanol–water partition coefficient (Wildman–Crippen LogP) is 3.25. The maximum atomic E-state index is 12.7. The van der Waals surface area contributed by atoms with Crippen molar-refractivity contribution in [2.45, 2.75) is 6.92 Å². The Bertz CT molecular complexity index is 1010. The fourth-order valence-electron chi connectivity index (χ4n) is 2.63. The van der Waals surface area contributed by atoms with Crippen molar-refractivity contribution in [3.63, 3.8) is 0 Å². The molecule has 1 aromatic heterocycles. The number of H-pyrrole nitrogens is 1. The quantitative estimate of drug-likeness (QED) is 0.676. The average molecular weight is 347 g/mol. The molecular formula is C20H17N3O3. The third-order valence-electron chi connectivity index (χ3n) is 3.71. The van der Waals surface area contributed by atoms with Gasteiger partial charge in [0, 0.05) is 30.1 Å². The number of benzene rings is 2. The van der Waals surface area contributed by atoms with Crippen LogP contribution in [-0.2, 0) is 4.79 Å². The van der Waals surface area contributed by atoms with E-state index >= 15 is 0 Å². The van der Waals surface area contributed by atoms with Crippen LogP contribution in [0.15, 0.2) is 71.7 Å². The maximum Gasteiger partial charge on any atom is 0.261 e. The van der Waals surface area contributed by atoms with Crippen molar-refractivity contribution in [1.29, 1.82) is 0 Å². The van der Waals surface area contributed by atoms with Crippen LogP contribution in [0.1, 0.15) is 17.3 Å². The minimum Gasteiger partial charge on any atom is -0.328 e. The molecule has 26 heavy (non-hydrogen) atoms. The van der Waals surface area contributed by atoms with E-state index in [0.29, 0.717) is 16.9 Å². The second kappa shape index (κ2) is 7.48. The summed E-state index contributed by atoms with van der Waals surface area (Å²) in [6.45, 7) is 1.40. The highest BCUT2D eigenvalue weighted by Gasteiger charge is 2.17. The topological polar surface area (TPSA) is 91.1 Å². The number of nitrogens with one attached hydrogen (secondary N) is 3. The zero-order valence-corrected chi connectivity index (χ0v) is 14.1. The molecule has 0 aliphatic rings. The molecule has 3 N–H and O–H groups in total. The molecule has 0 atom stereocenters. The lowest BCUT2D eigenvalue weighted by Gasteiger charge is -2.10. The molecule has 0 fully saturated rings. The van der Waals surface area contributed by atoms with Crippen molar-refractivity contribution in [1.82, 2.24) is 4.98 Å². The van der Waals surface area contributed by atoms with Crippen LogP contribution in [0.4, 0.5) is 11.4 Å². The molecule has 130 valence electrons. The van der Waals surface area contributed by atoms with Gasteiger partial charge in [-0.05, 0) is 29.8 Å². The number of carbonyl (C=O) groups excluding carboxylic acids is 2. The molecule has 1 heterocycles. The van der Waals surface area contributed by atoms with E-state index < -0.39 is 11.5 Å². The van der Waals surface area contributed by atoms with E-state index in [1.165, 1.54) is 13.1 Å². The van der Waals surface area contributed by atoms with Gasteiger partial charge in [-0.25, -0.2) is 0 Å². The van der Waals surface area contributed by atoms with Gasteiger partial charge in [-0.15, -0.1) is 0 Å². The fourth-order valence-corrected chi connectivity index (χ4v) is 2.63. The minimum absolute atomic E-state index is 0.0311. The smallest absolute Gasteiger partial charge is 0.261 e. The molecule has 2 aromatic carbocycles. The van der Waals surface area contributed by atoms with Gasteiger partial charge in [0.15, 0.2) is 0 Å². The Balaban J connectivity index is 1.94. The van der Waals surface area contributed by atoms with Crippen LogP contribution in [0.5, 0.6) is 0 Å². The number of aromatic amines is 1. The minimum atomic E-state index is -0.523. The zero-order valence-electron chi connectivity index (χ0n) is 14.1. The highest BCUT2D eigenvalue weighted by atomic mass is 16.2. The van der Waals surface area contributed by atoms with Crippen molar-refractivity contribution in [2.75, 3.05) is 10.6 Å². The number of aromatic nitrogens is 1. The molecule has 0 radical (unpaired) electrons. The first kappa shape index (κ1) is 17.2. The third kappa shape index (κ3) is 3.87. The second-order valence-electron chi connectivity index (χ2n) is 5.68. The Kier molecular flexibility index (Phi) is 4.94. The fraction of sp³-hybridized carbons (Fsp3) is 0.0500. The largest absolute Gasteiger partial charge is 0.328 e. The SMILES string of the molecule is CC(=O)Nc1cccc(NC(=O)c2c(-c3ccccc3)cc[nH]c2=O)c1. The van der Waals surface area contributed by atoms with Crippen molar-refractivity contribution in [3.8, 4) is 11.1 Å². The number of rotatable bonds is 4. The van der Waals surface area contributed by atoms with Gasteiger partial charge in [0.2, 0.25) is 5.91 Å². The Hall–Kier alpha value is -3.67. The Morgan fingerprint density at radius 2 is 1.58 bits per heavy atom. The molecule has 0 aliphatic carbocycles.